The van der Waals surface area contributed by atoms with E-state index in [1.165, 1.54) is 0 Å². The van der Waals surface area contributed by atoms with Gasteiger partial charge in [-0.2, -0.15) is 0 Å². The summed E-state index contributed by atoms with van der Waals surface area (Å²) < 4.78 is 0. The molecule has 3 N–H and O–H groups in total. The zero-order valence-corrected chi connectivity index (χ0v) is 8.35. The minimum Gasteiger partial charge on any atom is -0.395 e. The van der Waals surface area contributed by atoms with Gasteiger partial charge in [0, 0.05) is 12.6 Å². The predicted molar refractivity (Wildman–Crippen MR) is 56.0 cm³/mol. The number of aliphatic hydroxyl groups excluding tert-OH is 2. The minimum atomic E-state index is -0.509. The Labute approximate surface area is 84.4 Å². The molecule has 14 heavy (non-hydrogen) atoms. The van der Waals surface area contributed by atoms with E-state index in [1.807, 2.05) is 37.3 Å². The van der Waals surface area contributed by atoms with Crippen LogP contribution in [0.1, 0.15) is 18.6 Å². The maximum absolute atomic E-state index is 9.72. The molecule has 0 saturated heterocycles. The van der Waals surface area contributed by atoms with Crippen molar-refractivity contribution in [1.29, 1.82) is 0 Å². The van der Waals surface area contributed by atoms with Crippen LogP contribution in [-0.4, -0.2) is 29.4 Å². The van der Waals surface area contributed by atoms with E-state index < -0.39 is 6.10 Å². The highest BCUT2D eigenvalue weighted by atomic mass is 16.3. The van der Waals surface area contributed by atoms with E-state index >= 15 is 0 Å². The summed E-state index contributed by atoms with van der Waals surface area (Å²) in [6.07, 6.45) is -0.509. The third-order valence-corrected chi connectivity index (χ3v) is 2.12. The molecular weight excluding hydrogens is 178 g/mol. The maximum atomic E-state index is 9.72. The summed E-state index contributed by atoms with van der Waals surface area (Å²) in [6.45, 7) is 2.42. The number of aliphatic hydroxyl groups is 2. The molecule has 3 heteroatoms. The van der Waals surface area contributed by atoms with Gasteiger partial charge in [0.2, 0.25) is 0 Å². The van der Waals surface area contributed by atoms with Crippen LogP contribution in [0, 0.1) is 0 Å². The van der Waals surface area contributed by atoms with Gasteiger partial charge in [-0.1, -0.05) is 30.3 Å². The molecule has 78 valence electrons. The van der Waals surface area contributed by atoms with Crippen molar-refractivity contribution in [3.8, 4) is 0 Å². The first-order chi connectivity index (χ1) is 6.74. The summed E-state index contributed by atoms with van der Waals surface area (Å²) in [4.78, 5) is 0. The van der Waals surface area contributed by atoms with Crippen LogP contribution in [0.4, 0.5) is 0 Å². The molecule has 2 atom stereocenters. The lowest BCUT2D eigenvalue weighted by molar-refractivity contribution is 0.161. The van der Waals surface area contributed by atoms with Crippen molar-refractivity contribution in [3.63, 3.8) is 0 Å². The molecule has 1 aromatic rings. The lowest BCUT2D eigenvalue weighted by atomic mass is 10.1. The smallest absolute Gasteiger partial charge is 0.0914 e. The molecule has 0 aliphatic heterocycles. The quantitative estimate of drug-likeness (QED) is 0.648. The van der Waals surface area contributed by atoms with Crippen LogP contribution in [0.25, 0.3) is 0 Å². The molecule has 0 spiro atoms. The highest BCUT2D eigenvalue weighted by Gasteiger charge is 2.07. The van der Waals surface area contributed by atoms with Gasteiger partial charge < -0.3 is 15.5 Å². The topological polar surface area (TPSA) is 52.5 Å². The number of hydrogen-bond acceptors (Lipinski definition) is 3. The molecule has 1 aromatic carbocycles. The largest absolute Gasteiger partial charge is 0.395 e. The molecule has 0 saturated carbocycles. The van der Waals surface area contributed by atoms with E-state index in [-0.39, 0.29) is 12.6 Å². The number of benzene rings is 1. The first-order valence-corrected chi connectivity index (χ1v) is 4.81. The van der Waals surface area contributed by atoms with Crippen molar-refractivity contribution in [2.24, 2.45) is 0 Å². The highest BCUT2D eigenvalue weighted by molar-refractivity contribution is 5.17. The summed E-state index contributed by atoms with van der Waals surface area (Å²) in [5.41, 5.74) is 0.894. The van der Waals surface area contributed by atoms with Gasteiger partial charge in [-0.25, -0.2) is 0 Å². The Bertz CT molecular complexity index is 251. The van der Waals surface area contributed by atoms with Crippen LogP contribution < -0.4 is 5.32 Å². The van der Waals surface area contributed by atoms with Crippen LogP contribution in [-0.2, 0) is 0 Å². The molecule has 0 aromatic heterocycles. The van der Waals surface area contributed by atoms with Gasteiger partial charge in [-0.15, -0.1) is 0 Å². The van der Waals surface area contributed by atoms with Gasteiger partial charge in [0.15, 0.2) is 0 Å². The highest BCUT2D eigenvalue weighted by Crippen LogP contribution is 2.10. The molecule has 0 aliphatic rings. The van der Waals surface area contributed by atoms with Gasteiger partial charge in [-0.3, -0.25) is 0 Å². The van der Waals surface area contributed by atoms with Gasteiger partial charge in [0.1, 0.15) is 0 Å². The molecule has 1 rings (SSSR count). The van der Waals surface area contributed by atoms with Crippen LogP contribution in [0.2, 0.25) is 0 Å². The Morgan fingerprint density at radius 1 is 1.29 bits per heavy atom. The van der Waals surface area contributed by atoms with Crippen molar-refractivity contribution in [2.45, 2.75) is 19.1 Å². The Morgan fingerprint density at radius 2 is 1.93 bits per heavy atom. The summed E-state index contributed by atoms with van der Waals surface area (Å²) >= 11 is 0. The zero-order chi connectivity index (χ0) is 10.4. The molecule has 0 unspecified atom stereocenters. The fourth-order valence-corrected chi connectivity index (χ4v) is 1.17. The SMILES string of the molecule is C[C@@H](CO)NC[C@@H](O)c1ccccc1. The molecule has 0 aliphatic carbocycles. The lowest BCUT2D eigenvalue weighted by Crippen LogP contribution is -2.32. The molecule has 0 bridgehead atoms. The van der Waals surface area contributed by atoms with E-state index in [1.54, 1.807) is 0 Å². The van der Waals surface area contributed by atoms with E-state index in [2.05, 4.69) is 5.32 Å². The molecule has 3 nitrogen and oxygen atoms in total. The normalized spacial score (nSPS) is 15.1. The van der Waals surface area contributed by atoms with E-state index in [0.29, 0.717) is 6.54 Å². The first-order valence-electron chi connectivity index (χ1n) is 4.81. The van der Waals surface area contributed by atoms with Crippen molar-refractivity contribution in [1.82, 2.24) is 5.32 Å². The molecule has 0 amide bonds. The van der Waals surface area contributed by atoms with Gasteiger partial charge >= 0.3 is 0 Å². The second kappa shape index (κ2) is 5.75. The molecule has 0 radical (unpaired) electrons. The minimum absolute atomic E-state index is 0.0216. The van der Waals surface area contributed by atoms with Crippen molar-refractivity contribution in [3.05, 3.63) is 35.9 Å². The summed E-state index contributed by atoms with van der Waals surface area (Å²) in [5.74, 6) is 0. The number of hydrogen-bond donors (Lipinski definition) is 3. The van der Waals surface area contributed by atoms with Crippen LogP contribution in [0.5, 0.6) is 0 Å². The van der Waals surface area contributed by atoms with Crippen LogP contribution in [0.15, 0.2) is 30.3 Å². The number of rotatable bonds is 5. The van der Waals surface area contributed by atoms with E-state index in [9.17, 15) is 5.11 Å². The monoisotopic (exact) mass is 195 g/mol. The van der Waals surface area contributed by atoms with Gasteiger partial charge in [0.25, 0.3) is 0 Å². The maximum Gasteiger partial charge on any atom is 0.0914 e. The average Bonchev–Trinajstić information content (AvgIpc) is 2.26. The molecule has 0 heterocycles. The Balaban J connectivity index is 2.39. The summed E-state index contributed by atoms with van der Waals surface area (Å²) in [5, 5.41) is 21.5. The third-order valence-electron chi connectivity index (χ3n) is 2.12. The first kappa shape index (κ1) is 11.2. The van der Waals surface area contributed by atoms with Gasteiger partial charge in [0.05, 0.1) is 12.7 Å². The van der Waals surface area contributed by atoms with Crippen molar-refractivity contribution in [2.75, 3.05) is 13.2 Å². The fraction of sp³-hybridized carbons (Fsp3) is 0.455. The Hall–Kier alpha value is -0.900. The predicted octanol–water partition coefficient (Wildman–Crippen LogP) is 0.690. The van der Waals surface area contributed by atoms with Crippen molar-refractivity contribution < 1.29 is 10.2 Å². The Kier molecular flexibility index (Phi) is 4.59. The van der Waals surface area contributed by atoms with E-state index in [4.69, 9.17) is 5.11 Å². The van der Waals surface area contributed by atoms with Crippen LogP contribution >= 0.6 is 0 Å². The lowest BCUT2D eigenvalue weighted by Gasteiger charge is -2.15. The van der Waals surface area contributed by atoms with Gasteiger partial charge in [-0.05, 0) is 12.5 Å². The van der Waals surface area contributed by atoms with E-state index in [0.717, 1.165) is 5.56 Å². The fourth-order valence-electron chi connectivity index (χ4n) is 1.17. The number of nitrogens with one attached hydrogen (secondary N) is 1. The third kappa shape index (κ3) is 3.46. The standard InChI is InChI=1S/C11H17NO2/c1-9(8-13)12-7-11(14)10-5-3-2-4-6-10/h2-6,9,11-14H,7-8H2,1H3/t9-,11+/m0/s1. The molecular formula is C11H17NO2. The average molecular weight is 195 g/mol. The molecule has 0 fully saturated rings. The second-order valence-electron chi connectivity index (χ2n) is 3.42. The summed E-state index contributed by atoms with van der Waals surface area (Å²) in [7, 11) is 0. The Morgan fingerprint density at radius 3 is 2.50 bits per heavy atom. The summed E-state index contributed by atoms with van der Waals surface area (Å²) in [6, 6.07) is 9.50. The second-order valence-corrected chi connectivity index (χ2v) is 3.42. The zero-order valence-electron chi connectivity index (χ0n) is 8.35. The van der Waals surface area contributed by atoms with Crippen molar-refractivity contribution >= 4 is 0 Å². The van der Waals surface area contributed by atoms with Crippen LogP contribution in [0.3, 0.4) is 0 Å².